The van der Waals surface area contributed by atoms with Crippen LogP contribution in [0.25, 0.3) is 0 Å². The normalized spacial score (nSPS) is 16.6. The first-order valence-electron chi connectivity index (χ1n) is 31.3. The summed E-state index contributed by atoms with van der Waals surface area (Å²) in [5, 5.41) is 81.6. The minimum absolute atomic E-state index is 0. The van der Waals surface area contributed by atoms with E-state index in [9.17, 15) is 73.2 Å². The molecular weight excluding hydrogens is 1530 g/mol. The number of amides is 9. The molecule has 8 aromatic rings. The van der Waals surface area contributed by atoms with Crippen LogP contribution in [0.4, 0.5) is 60.7 Å². The number of phenolic OH excluding ortho intramolecular Hbond substituents is 2. The summed E-state index contributed by atoms with van der Waals surface area (Å²) in [5.41, 5.74) is 2.12. The van der Waals surface area contributed by atoms with E-state index in [-0.39, 0.29) is 150 Å². The zero-order valence-corrected chi connectivity index (χ0v) is 66.0. The molecule has 2 unspecified atom stereocenters. The molecule has 12 rings (SSSR count). The number of nitrogens with one attached hydrogen (secondary N) is 11. The number of phenols is 2. The predicted octanol–water partition coefficient (Wildman–Crippen LogP) is -4.19. The van der Waals surface area contributed by atoms with Crippen molar-refractivity contribution in [2.45, 2.75) is 51.4 Å². The van der Waals surface area contributed by atoms with Crippen molar-refractivity contribution in [1.29, 1.82) is 0 Å². The van der Waals surface area contributed by atoms with Gasteiger partial charge < -0.3 is 92.1 Å². The van der Waals surface area contributed by atoms with Crippen molar-refractivity contribution in [3.8, 4) is 11.5 Å². The van der Waals surface area contributed by atoms with Crippen molar-refractivity contribution in [1.82, 2.24) is 71.4 Å². The standard InChI is InChI=1S/C32H31N11O8S3.C32H32N10O8S2.2Na/c1-42(2)18-7-5-17(6-8-18)35-29-33-11-20(24(46)39-29)36-30(51)38-21(15-3-9-19(45)10-4-15)25(47)37-22-26(48)43-23(28(49)50)16(12-52-27(22)43)13-53-32-41-40-31(54-32)34-14-44;1-15-39-40-32(50-15)52-14-17-13-51-28-23(27(46)42(28)24(17)29(47)48)36-26(45)22(16-4-10-20(43)11-5-16)37-31(49)35-21-12-33-30(38-25(21)44)34-18-6-8-19(9-7-18)41(2)3;;/h3-11,14,21-22,27,45H,12-13H2,1-2H3,(H,37,47)(H,49,50)(H,34,40,44)(H2,36,38,51)(H2,33,35,39,46);4-12,22-23,28,43H,13-14H2,1-3H3,(H,36,45)(H,47,48)(H2,35,37,49)(H2,33,34,38,44);;/q;;2*+1/p-2/t21-,22?,27-;22-,23?,28-;;/m11../s1. The number of hydrogen-bond acceptors (Lipinski definition) is 31. The van der Waals surface area contributed by atoms with Gasteiger partial charge in [0.2, 0.25) is 41.1 Å². The topological polar surface area (TPSA) is 518 Å². The number of benzene rings is 4. The van der Waals surface area contributed by atoms with Gasteiger partial charge in [-0.2, -0.15) is 0 Å². The number of carboxylic acids is 2. The summed E-state index contributed by atoms with van der Waals surface area (Å²) in [7, 11) is 7.63. The Morgan fingerprint density at radius 2 is 1.05 bits per heavy atom. The van der Waals surface area contributed by atoms with Gasteiger partial charge in [-0.25, -0.2) is 19.6 Å². The number of fused-ring (bicyclic) bond motifs is 2. The maximum Gasteiger partial charge on any atom is 1.00 e. The van der Waals surface area contributed by atoms with Crippen LogP contribution in [0.15, 0.2) is 156 Å². The summed E-state index contributed by atoms with van der Waals surface area (Å²) in [6, 6.07) is 18.5. The molecule has 0 saturated carbocycles. The molecule has 2 fully saturated rings. The number of nitrogens with zero attached hydrogens (tertiary/aromatic N) is 10. The number of H-pyrrole nitrogens is 2. The Hall–Kier alpha value is -10.2. The fraction of sp³-hybridized carbons (Fsp3) is 0.234. The Kier molecular flexibility index (Phi) is 27.8. The van der Waals surface area contributed by atoms with Gasteiger partial charge in [0.05, 0.1) is 35.7 Å². The van der Waals surface area contributed by atoms with Crippen LogP contribution in [0.1, 0.15) is 29.1 Å². The van der Waals surface area contributed by atoms with Gasteiger partial charge in [-0.05, 0) is 95.1 Å². The molecule has 0 bridgehead atoms. The molecular formula is C64H61N21Na2O16S5. The van der Waals surface area contributed by atoms with Crippen LogP contribution in [-0.2, 0) is 33.6 Å². The Morgan fingerprint density at radius 3 is 1.43 bits per heavy atom. The first-order chi connectivity index (χ1) is 50.8. The van der Waals surface area contributed by atoms with E-state index in [4.69, 9.17) is 4.42 Å². The van der Waals surface area contributed by atoms with Gasteiger partial charge in [-0.15, -0.1) is 43.9 Å². The van der Waals surface area contributed by atoms with Crippen LogP contribution >= 0.6 is 58.4 Å². The summed E-state index contributed by atoms with van der Waals surface area (Å²) in [4.78, 5) is 160. The summed E-state index contributed by atoms with van der Waals surface area (Å²) < 4.78 is 5.79. The second kappa shape index (κ2) is 36.6. The molecule has 13 N–H and O–H groups in total. The molecule has 0 radical (unpaired) electrons. The third-order valence-corrected chi connectivity index (χ3v) is 21.5. The fourth-order valence-electron chi connectivity index (χ4n) is 10.6. The quantitative estimate of drug-likeness (QED) is 0.00804. The molecule has 9 amide bonds. The second-order valence-electron chi connectivity index (χ2n) is 23.4. The van der Waals surface area contributed by atoms with E-state index in [1.54, 1.807) is 31.2 Å². The minimum atomic E-state index is -1.57. The first-order valence-corrected chi connectivity index (χ1v) is 36.1. The average molecular weight is 1590 g/mol. The molecule has 4 aromatic heterocycles. The van der Waals surface area contributed by atoms with Crippen molar-refractivity contribution in [2.24, 2.45) is 0 Å². The van der Waals surface area contributed by atoms with Crippen molar-refractivity contribution < 1.29 is 127 Å². The van der Waals surface area contributed by atoms with E-state index in [0.29, 0.717) is 39.2 Å². The fourth-order valence-corrected chi connectivity index (χ4v) is 16.1. The molecule has 4 aromatic carbocycles. The number of aliphatic carboxylic acids is 2. The molecule has 550 valence electrons. The van der Waals surface area contributed by atoms with E-state index in [1.165, 1.54) is 83.8 Å². The number of carboxylic acid groups (broad SMARTS) is 2. The Labute approximate surface area is 676 Å². The van der Waals surface area contributed by atoms with Crippen molar-refractivity contribution in [3.05, 3.63) is 170 Å². The summed E-state index contributed by atoms with van der Waals surface area (Å²) in [6.45, 7) is 1.62. The molecule has 0 spiro atoms. The minimum Gasteiger partial charge on any atom is -0.543 e. The SMILES string of the molecule is CN(C)c1ccc(Nc2ncc(NC(=O)N[C@@H](C(=O)NC3C(=O)N4C(C(=O)[O-])=C(CSc5nnc(NC=O)s5)CS[C@H]34)c3ccc(O)cc3)c(=O)[nH]2)cc1.Cc1nnc(SCC2=C(C(=O)[O-])N3C(=O)C(NC(=O)[C@H](NC(=O)Nc4cnc(Nc5ccc(N(C)C)cc5)[nH]c4=O)c4ccc(O)cc4)[C@H]3SC2)o1.[Na+].[Na+]. The molecule has 4 aliphatic rings. The third-order valence-electron chi connectivity index (χ3n) is 15.8. The third kappa shape index (κ3) is 19.8. The number of hydrogen-bond donors (Lipinski definition) is 13. The maximum atomic E-state index is 13.7. The number of carbonyl (C=O) groups excluding carboxylic acids is 9. The summed E-state index contributed by atoms with van der Waals surface area (Å²) in [5.74, 6) is -5.05. The van der Waals surface area contributed by atoms with Crippen LogP contribution in [0.3, 0.4) is 0 Å². The number of rotatable bonds is 26. The van der Waals surface area contributed by atoms with E-state index >= 15 is 0 Å². The van der Waals surface area contributed by atoms with E-state index in [2.05, 4.69) is 88.2 Å². The van der Waals surface area contributed by atoms with Gasteiger partial charge in [0, 0.05) is 80.9 Å². The molecule has 4 aliphatic heterocycles. The summed E-state index contributed by atoms with van der Waals surface area (Å²) in [6.07, 6.45) is 2.74. The number of aromatic nitrogens is 8. The Bertz CT molecular complexity index is 4900. The Balaban J connectivity index is 0.000000245. The van der Waals surface area contributed by atoms with Gasteiger partial charge in [-0.1, -0.05) is 59.1 Å². The van der Waals surface area contributed by atoms with Crippen molar-refractivity contribution in [3.63, 3.8) is 0 Å². The van der Waals surface area contributed by atoms with Gasteiger partial charge in [-0.3, -0.25) is 53.3 Å². The number of aromatic hydroxyl groups is 2. The summed E-state index contributed by atoms with van der Waals surface area (Å²) >= 11 is 5.85. The Morgan fingerprint density at radius 1 is 0.620 bits per heavy atom. The number of anilines is 9. The number of aryl methyl sites for hydroxylation is 1. The molecule has 0 aliphatic carbocycles. The second-order valence-corrected chi connectivity index (χ2v) is 28.7. The van der Waals surface area contributed by atoms with Crippen LogP contribution in [0.2, 0.25) is 0 Å². The monoisotopic (exact) mass is 1590 g/mol. The van der Waals surface area contributed by atoms with Crippen molar-refractivity contribution in [2.75, 3.05) is 87.6 Å². The van der Waals surface area contributed by atoms with Crippen LogP contribution in [0, 0.1) is 6.92 Å². The maximum absolute atomic E-state index is 13.7. The predicted molar refractivity (Wildman–Crippen MR) is 388 cm³/mol. The number of carbonyl (C=O) groups is 9. The molecule has 37 nitrogen and oxygen atoms in total. The van der Waals surface area contributed by atoms with Gasteiger partial charge >= 0.3 is 71.2 Å². The number of β-lactam (4-membered cyclic amide) rings is 2. The van der Waals surface area contributed by atoms with E-state index < -0.39 is 93.7 Å². The zero-order chi connectivity index (χ0) is 75.6. The van der Waals surface area contributed by atoms with Crippen LogP contribution in [0.5, 0.6) is 11.5 Å². The molecule has 2 saturated heterocycles. The van der Waals surface area contributed by atoms with Gasteiger partial charge in [0.15, 0.2) is 4.34 Å². The van der Waals surface area contributed by atoms with Gasteiger partial charge in [0.1, 0.15) is 57.8 Å². The van der Waals surface area contributed by atoms with E-state index in [1.807, 2.05) is 62.3 Å². The van der Waals surface area contributed by atoms with E-state index in [0.717, 1.165) is 56.7 Å². The molecule has 44 heteroatoms. The number of thioether (sulfide) groups is 4. The average Bonchev–Trinajstić information content (AvgIpc) is 1.38. The molecule has 8 heterocycles. The molecule has 108 heavy (non-hydrogen) atoms. The van der Waals surface area contributed by atoms with Crippen LogP contribution in [-0.4, -0.2) is 188 Å². The van der Waals surface area contributed by atoms with Crippen molar-refractivity contribution >= 4 is 164 Å². The number of aromatic amines is 2. The smallest absolute Gasteiger partial charge is 0.543 e. The first kappa shape index (κ1) is 81.9. The largest absolute Gasteiger partial charge is 1.00 e. The number of urea groups is 2. The van der Waals surface area contributed by atoms with Gasteiger partial charge in [0.25, 0.3) is 28.2 Å². The molecule has 6 atom stereocenters. The zero-order valence-electron chi connectivity index (χ0n) is 57.9. The van der Waals surface area contributed by atoms with Crippen LogP contribution < -0.4 is 138 Å².